The Labute approximate surface area is 147 Å². The lowest BCUT2D eigenvalue weighted by atomic mass is 10.1. The molecule has 0 aromatic heterocycles. The summed E-state index contributed by atoms with van der Waals surface area (Å²) in [6, 6.07) is 6.35. The number of ether oxygens (including phenoxy) is 1. The van der Waals surface area contributed by atoms with Crippen molar-refractivity contribution in [3.8, 4) is 0 Å². The molecule has 1 aromatic rings. The molecule has 0 radical (unpaired) electrons. The van der Waals surface area contributed by atoms with E-state index < -0.39 is 23.6 Å². The number of carbonyl (C=O) groups excluding carboxylic acids is 3. The summed E-state index contributed by atoms with van der Waals surface area (Å²) < 4.78 is 5.37. The van der Waals surface area contributed by atoms with E-state index in [1.54, 1.807) is 45.0 Å². The molecule has 25 heavy (non-hydrogen) atoms. The Hall–Kier alpha value is -2.57. The molecule has 1 aromatic carbocycles. The maximum atomic E-state index is 12.5. The lowest BCUT2D eigenvalue weighted by molar-refractivity contribution is -0.120. The van der Waals surface area contributed by atoms with Crippen molar-refractivity contribution in [2.24, 2.45) is 5.73 Å². The van der Waals surface area contributed by atoms with Crippen LogP contribution in [0.4, 0.5) is 10.5 Å². The van der Waals surface area contributed by atoms with E-state index in [1.807, 2.05) is 0 Å². The van der Waals surface area contributed by atoms with Crippen LogP contribution in [0.5, 0.6) is 0 Å². The van der Waals surface area contributed by atoms with Crippen molar-refractivity contribution in [2.75, 3.05) is 11.9 Å². The third-order valence-corrected chi connectivity index (χ3v) is 3.78. The molecule has 1 fully saturated rings. The maximum absolute atomic E-state index is 12.5. The summed E-state index contributed by atoms with van der Waals surface area (Å²) in [5.41, 5.74) is 5.94. The summed E-state index contributed by atoms with van der Waals surface area (Å²) in [4.78, 5) is 37.2. The Kier molecular flexibility index (Phi) is 5.66. The number of nitrogens with zero attached hydrogens (tertiary/aromatic N) is 1. The van der Waals surface area contributed by atoms with Gasteiger partial charge >= 0.3 is 6.09 Å². The first-order valence-electron chi connectivity index (χ1n) is 8.33. The van der Waals surface area contributed by atoms with Gasteiger partial charge in [0.1, 0.15) is 11.6 Å². The number of nitrogens with one attached hydrogen (secondary N) is 1. The number of hydrogen-bond acceptors (Lipinski definition) is 4. The Bertz CT molecular complexity index is 649. The summed E-state index contributed by atoms with van der Waals surface area (Å²) >= 11 is 0. The zero-order chi connectivity index (χ0) is 18.6. The van der Waals surface area contributed by atoms with Crippen LogP contribution in [0.15, 0.2) is 24.3 Å². The van der Waals surface area contributed by atoms with Crippen LogP contribution in [-0.4, -0.2) is 41.0 Å². The van der Waals surface area contributed by atoms with E-state index in [0.717, 1.165) is 12.0 Å². The highest BCUT2D eigenvalue weighted by Gasteiger charge is 2.36. The molecule has 3 amide bonds. The number of amides is 3. The van der Waals surface area contributed by atoms with Gasteiger partial charge in [0.2, 0.25) is 11.8 Å². The van der Waals surface area contributed by atoms with Crippen LogP contribution in [0.1, 0.15) is 39.2 Å². The molecule has 7 heteroatoms. The summed E-state index contributed by atoms with van der Waals surface area (Å²) in [6.07, 6.45) is 1.05. The average molecular weight is 347 g/mol. The SMILES string of the molecule is CC(C)(C)OC(=O)N1CCC[C@H]1C(=O)Nc1ccc(CC(N)=O)cc1. The van der Waals surface area contributed by atoms with Crippen molar-refractivity contribution in [2.45, 2.75) is 51.7 Å². The zero-order valence-electron chi connectivity index (χ0n) is 14.9. The third kappa shape index (κ3) is 5.48. The van der Waals surface area contributed by atoms with E-state index in [9.17, 15) is 14.4 Å². The number of likely N-dealkylation sites (tertiary alicyclic amines) is 1. The van der Waals surface area contributed by atoms with Gasteiger partial charge in [0.15, 0.2) is 0 Å². The van der Waals surface area contributed by atoms with Crippen molar-refractivity contribution < 1.29 is 19.1 Å². The van der Waals surface area contributed by atoms with E-state index in [2.05, 4.69) is 5.32 Å². The molecule has 1 heterocycles. The van der Waals surface area contributed by atoms with E-state index in [4.69, 9.17) is 10.5 Å². The first-order valence-corrected chi connectivity index (χ1v) is 8.33. The quantitative estimate of drug-likeness (QED) is 0.870. The fourth-order valence-electron chi connectivity index (χ4n) is 2.71. The number of nitrogens with two attached hydrogens (primary N) is 1. The fraction of sp³-hybridized carbons (Fsp3) is 0.500. The van der Waals surface area contributed by atoms with Gasteiger partial charge in [-0.3, -0.25) is 14.5 Å². The summed E-state index contributed by atoms with van der Waals surface area (Å²) in [5.74, 6) is -0.651. The molecular weight excluding hydrogens is 322 g/mol. The van der Waals surface area contributed by atoms with Crippen molar-refractivity contribution in [1.29, 1.82) is 0 Å². The van der Waals surface area contributed by atoms with Crippen molar-refractivity contribution in [3.05, 3.63) is 29.8 Å². The van der Waals surface area contributed by atoms with Crippen molar-refractivity contribution >= 4 is 23.6 Å². The highest BCUT2D eigenvalue weighted by atomic mass is 16.6. The monoisotopic (exact) mass is 347 g/mol. The van der Waals surface area contributed by atoms with Crippen LogP contribution in [0.25, 0.3) is 0 Å². The Morgan fingerprint density at radius 1 is 1.24 bits per heavy atom. The van der Waals surface area contributed by atoms with Gasteiger partial charge in [-0.05, 0) is 51.3 Å². The molecule has 0 saturated carbocycles. The highest BCUT2D eigenvalue weighted by Crippen LogP contribution is 2.22. The van der Waals surface area contributed by atoms with Gasteiger partial charge in [-0.25, -0.2) is 4.79 Å². The predicted octanol–water partition coefficient (Wildman–Crippen LogP) is 2.05. The van der Waals surface area contributed by atoms with Gasteiger partial charge in [0, 0.05) is 12.2 Å². The predicted molar refractivity (Wildman–Crippen MR) is 93.9 cm³/mol. The second kappa shape index (κ2) is 7.55. The van der Waals surface area contributed by atoms with Gasteiger partial charge in [0.05, 0.1) is 6.42 Å². The zero-order valence-corrected chi connectivity index (χ0v) is 14.9. The molecular formula is C18H25N3O4. The van der Waals surface area contributed by atoms with E-state index >= 15 is 0 Å². The smallest absolute Gasteiger partial charge is 0.410 e. The molecule has 7 nitrogen and oxygen atoms in total. The molecule has 0 aliphatic carbocycles. The minimum atomic E-state index is -0.600. The molecule has 136 valence electrons. The first kappa shape index (κ1) is 18.8. The van der Waals surface area contributed by atoms with E-state index in [0.29, 0.717) is 18.7 Å². The van der Waals surface area contributed by atoms with Gasteiger partial charge in [0.25, 0.3) is 0 Å². The van der Waals surface area contributed by atoms with Crippen molar-refractivity contribution in [3.63, 3.8) is 0 Å². The van der Waals surface area contributed by atoms with Gasteiger partial charge in [-0.15, -0.1) is 0 Å². The lowest BCUT2D eigenvalue weighted by Gasteiger charge is -2.28. The number of rotatable bonds is 4. The molecule has 1 atom stereocenters. The molecule has 0 bridgehead atoms. The number of primary amides is 1. The van der Waals surface area contributed by atoms with E-state index in [-0.39, 0.29) is 12.3 Å². The number of anilines is 1. The standard InChI is InChI=1S/C18H25N3O4/c1-18(2,3)25-17(24)21-10-4-5-14(21)16(23)20-13-8-6-12(7-9-13)11-15(19)22/h6-9,14H,4-5,10-11H2,1-3H3,(H2,19,22)(H,20,23)/t14-/m0/s1. The lowest BCUT2D eigenvalue weighted by Crippen LogP contribution is -2.45. The Morgan fingerprint density at radius 2 is 1.88 bits per heavy atom. The molecule has 1 saturated heterocycles. The largest absolute Gasteiger partial charge is 0.444 e. The van der Waals surface area contributed by atoms with Crippen LogP contribution in [0, 0.1) is 0 Å². The molecule has 1 aliphatic rings. The average Bonchev–Trinajstić information content (AvgIpc) is 2.96. The molecule has 3 N–H and O–H groups in total. The summed E-state index contributed by atoms with van der Waals surface area (Å²) in [6.45, 7) is 5.89. The minimum absolute atomic E-state index is 0.156. The van der Waals surface area contributed by atoms with Crippen LogP contribution in [0.3, 0.4) is 0 Å². The highest BCUT2D eigenvalue weighted by molar-refractivity contribution is 5.96. The van der Waals surface area contributed by atoms with Gasteiger partial charge in [-0.2, -0.15) is 0 Å². The maximum Gasteiger partial charge on any atom is 0.410 e. The Balaban J connectivity index is 1.99. The fourth-order valence-corrected chi connectivity index (χ4v) is 2.71. The molecule has 1 aliphatic heterocycles. The summed E-state index contributed by atoms with van der Waals surface area (Å²) in [7, 11) is 0. The number of carbonyl (C=O) groups is 3. The topological polar surface area (TPSA) is 102 Å². The molecule has 2 rings (SSSR count). The second-order valence-electron chi connectivity index (χ2n) is 7.16. The van der Waals surface area contributed by atoms with Crippen LogP contribution < -0.4 is 11.1 Å². The molecule has 0 spiro atoms. The normalized spacial score (nSPS) is 17.2. The van der Waals surface area contributed by atoms with Crippen molar-refractivity contribution in [1.82, 2.24) is 4.90 Å². The minimum Gasteiger partial charge on any atom is -0.444 e. The second-order valence-corrected chi connectivity index (χ2v) is 7.16. The van der Waals surface area contributed by atoms with Gasteiger partial charge in [-0.1, -0.05) is 12.1 Å². The van der Waals surface area contributed by atoms with Crippen LogP contribution in [0.2, 0.25) is 0 Å². The third-order valence-electron chi connectivity index (χ3n) is 3.78. The number of hydrogen-bond donors (Lipinski definition) is 2. The summed E-state index contributed by atoms with van der Waals surface area (Å²) in [5, 5.41) is 2.81. The number of benzene rings is 1. The van der Waals surface area contributed by atoms with Crippen LogP contribution in [-0.2, 0) is 20.7 Å². The van der Waals surface area contributed by atoms with E-state index in [1.165, 1.54) is 4.90 Å². The van der Waals surface area contributed by atoms with Gasteiger partial charge < -0.3 is 15.8 Å². The first-order chi connectivity index (χ1) is 11.7. The Morgan fingerprint density at radius 3 is 2.44 bits per heavy atom. The van der Waals surface area contributed by atoms with Crippen LogP contribution >= 0.6 is 0 Å². The molecule has 0 unspecified atom stereocenters.